The molecule has 5 heteroatoms. The van der Waals surface area contributed by atoms with Gasteiger partial charge in [0.25, 0.3) is 0 Å². The fourth-order valence-corrected chi connectivity index (χ4v) is 2.72. The number of anilines is 1. The molecule has 0 atom stereocenters. The highest BCUT2D eigenvalue weighted by Gasteiger charge is 2.08. The van der Waals surface area contributed by atoms with E-state index in [1.165, 1.54) is 12.1 Å². The normalized spacial score (nSPS) is 10.8. The van der Waals surface area contributed by atoms with Gasteiger partial charge in [0.15, 0.2) is 0 Å². The minimum atomic E-state index is -0.202. The Balaban J connectivity index is 2.02. The second-order valence-corrected chi connectivity index (χ2v) is 5.45. The maximum absolute atomic E-state index is 13.0. The van der Waals surface area contributed by atoms with Gasteiger partial charge in [-0.25, -0.2) is 9.37 Å². The van der Waals surface area contributed by atoms with Crippen LogP contribution < -0.4 is 10.2 Å². The first-order chi connectivity index (χ1) is 9.72. The predicted molar refractivity (Wildman–Crippen MR) is 82.6 cm³/mol. The Morgan fingerprint density at radius 1 is 1.25 bits per heavy atom. The van der Waals surface area contributed by atoms with Gasteiger partial charge in [0.1, 0.15) is 10.8 Å². The van der Waals surface area contributed by atoms with Crippen molar-refractivity contribution in [1.82, 2.24) is 10.3 Å². The summed E-state index contributed by atoms with van der Waals surface area (Å²) in [6, 6.07) is 6.61. The summed E-state index contributed by atoms with van der Waals surface area (Å²) < 4.78 is 13.0. The first-order valence-corrected chi connectivity index (χ1v) is 7.75. The van der Waals surface area contributed by atoms with Crippen LogP contribution >= 0.6 is 11.3 Å². The zero-order chi connectivity index (χ0) is 14.4. The Bertz CT molecular complexity index is 524. The molecule has 0 fully saturated rings. The number of aromatic nitrogens is 1. The number of hydrogen-bond donors (Lipinski definition) is 1. The second-order valence-electron chi connectivity index (χ2n) is 4.50. The topological polar surface area (TPSA) is 28.2 Å². The number of nitrogens with zero attached hydrogens (tertiary/aromatic N) is 2. The van der Waals surface area contributed by atoms with Gasteiger partial charge in [0.2, 0.25) is 0 Å². The summed E-state index contributed by atoms with van der Waals surface area (Å²) in [5.41, 5.74) is 2.09. The van der Waals surface area contributed by atoms with E-state index in [1.807, 2.05) is 12.1 Å². The summed E-state index contributed by atoms with van der Waals surface area (Å²) in [6.45, 7) is 7.57. The molecule has 0 unspecified atom stereocenters. The average Bonchev–Trinajstić information content (AvgIpc) is 2.91. The Morgan fingerprint density at radius 2 is 2.00 bits per heavy atom. The van der Waals surface area contributed by atoms with Crippen LogP contribution in [0.5, 0.6) is 0 Å². The molecule has 0 aliphatic rings. The standard InChI is InChI=1S/C15H20FN3S/c1-3-17-9-15-18-13(11-20-15)10-19(4-2)14-7-5-12(16)6-8-14/h5-8,11,17H,3-4,9-10H2,1-2H3. The molecular formula is C15H20FN3S. The van der Waals surface area contributed by atoms with Gasteiger partial charge in [-0.05, 0) is 37.7 Å². The van der Waals surface area contributed by atoms with E-state index < -0.39 is 0 Å². The van der Waals surface area contributed by atoms with Crippen LogP contribution in [0.4, 0.5) is 10.1 Å². The van der Waals surface area contributed by atoms with Crippen LogP contribution in [0.1, 0.15) is 24.5 Å². The fraction of sp³-hybridized carbons (Fsp3) is 0.400. The Kier molecular flexibility index (Phi) is 5.49. The zero-order valence-corrected chi connectivity index (χ0v) is 12.7. The van der Waals surface area contributed by atoms with Crippen molar-refractivity contribution in [3.05, 3.63) is 46.2 Å². The van der Waals surface area contributed by atoms with Crippen molar-refractivity contribution in [3.8, 4) is 0 Å². The fourth-order valence-electron chi connectivity index (χ4n) is 1.97. The molecule has 1 N–H and O–H groups in total. The van der Waals surface area contributed by atoms with Gasteiger partial charge in [-0.15, -0.1) is 11.3 Å². The summed E-state index contributed by atoms with van der Waals surface area (Å²) in [6.07, 6.45) is 0. The van der Waals surface area contributed by atoms with Gasteiger partial charge in [-0.1, -0.05) is 6.92 Å². The van der Waals surface area contributed by atoms with Gasteiger partial charge in [-0.2, -0.15) is 0 Å². The van der Waals surface area contributed by atoms with Crippen molar-refractivity contribution in [2.75, 3.05) is 18.0 Å². The van der Waals surface area contributed by atoms with Crippen molar-refractivity contribution in [3.63, 3.8) is 0 Å². The SMILES string of the molecule is CCNCc1nc(CN(CC)c2ccc(F)cc2)cs1. The smallest absolute Gasteiger partial charge is 0.123 e. The Hall–Kier alpha value is -1.46. The molecule has 2 rings (SSSR count). The van der Waals surface area contributed by atoms with Crippen LogP contribution in [0.15, 0.2) is 29.6 Å². The van der Waals surface area contributed by atoms with E-state index in [1.54, 1.807) is 11.3 Å². The van der Waals surface area contributed by atoms with E-state index in [4.69, 9.17) is 0 Å². The lowest BCUT2D eigenvalue weighted by atomic mass is 10.2. The molecule has 0 aliphatic carbocycles. The lowest BCUT2D eigenvalue weighted by Crippen LogP contribution is -2.22. The Morgan fingerprint density at radius 3 is 2.65 bits per heavy atom. The minimum Gasteiger partial charge on any atom is -0.366 e. The molecule has 20 heavy (non-hydrogen) atoms. The van der Waals surface area contributed by atoms with Gasteiger partial charge < -0.3 is 10.2 Å². The number of rotatable bonds is 7. The molecule has 0 saturated carbocycles. The molecule has 3 nitrogen and oxygen atoms in total. The average molecular weight is 293 g/mol. The molecule has 1 heterocycles. The lowest BCUT2D eigenvalue weighted by molar-refractivity contribution is 0.627. The third kappa shape index (κ3) is 4.02. The molecule has 0 aliphatic heterocycles. The number of halogens is 1. The summed E-state index contributed by atoms with van der Waals surface area (Å²) in [7, 11) is 0. The first-order valence-electron chi connectivity index (χ1n) is 6.87. The lowest BCUT2D eigenvalue weighted by Gasteiger charge is -2.22. The van der Waals surface area contributed by atoms with E-state index in [-0.39, 0.29) is 5.82 Å². The maximum Gasteiger partial charge on any atom is 0.123 e. The monoisotopic (exact) mass is 293 g/mol. The molecule has 0 radical (unpaired) electrons. The second kappa shape index (κ2) is 7.36. The van der Waals surface area contributed by atoms with Crippen molar-refractivity contribution >= 4 is 17.0 Å². The molecule has 0 bridgehead atoms. The van der Waals surface area contributed by atoms with Crippen LogP contribution in [0.25, 0.3) is 0 Å². The highest BCUT2D eigenvalue weighted by molar-refractivity contribution is 7.09. The van der Waals surface area contributed by atoms with Crippen molar-refractivity contribution in [2.45, 2.75) is 26.9 Å². The van der Waals surface area contributed by atoms with Crippen LogP contribution in [0.2, 0.25) is 0 Å². The van der Waals surface area contributed by atoms with Crippen LogP contribution in [-0.4, -0.2) is 18.1 Å². The number of benzene rings is 1. The first kappa shape index (κ1) is 14.9. The van der Waals surface area contributed by atoms with Crippen LogP contribution in [0.3, 0.4) is 0 Å². The quantitative estimate of drug-likeness (QED) is 0.848. The zero-order valence-electron chi connectivity index (χ0n) is 11.9. The number of hydrogen-bond acceptors (Lipinski definition) is 4. The van der Waals surface area contributed by atoms with Gasteiger partial charge in [0, 0.05) is 24.2 Å². The third-order valence-electron chi connectivity index (χ3n) is 3.05. The third-order valence-corrected chi connectivity index (χ3v) is 3.95. The molecule has 0 spiro atoms. The molecule has 0 saturated heterocycles. The molecule has 1 aromatic carbocycles. The summed E-state index contributed by atoms with van der Waals surface area (Å²) in [5.74, 6) is -0.202. The van der Waals surface area contributed by atoms with Gasteiger partial charge in [-0.3, -0.25) is 0 Å². The molecule has 1 aromatic heterocycles. The highest BCUT2D eigenvalue weighted by atomic mass is 32.1. The maximum atomic E-state index is 13.0. The van der Waals surface area contributed by atoms with Crippen molar-refractivity contribution in [1.29, 1.82) is 0 Å². The van der Waals surface area contributed by atoms with Crippen LogP contribution in [-0.2, 0) is 13.1 Å². The molecule has 0 amide bonds. The van der Waals surface area contributed by atoms with E-state index in [9.17, 15) is 4.39 Å². The highest BCUT2D eigenvalue weighted by Crippen LogP contribution is 2.18. The molecule has 2 aromatic rings. The summed E-state index contributed by atoms with van der Waals surface area (Å²) in [4.78, 5) is 6.80. The van der Waals surface area contributed by atoms with Crippen molar-refractivity contribution in [2.24, 2.45) is 0 Å². The summed E-state index contributed by atoms with van der Waals surface area (Å²) in [5, 5.41) is 6.48. The van der Waals surface area contributed by atoms with Gasteiger partial charge >= 0.3 is 0 Å². The molecular weight excluding hydrogens is 273 g/mol. The predicted octanol–water partition coefficient (Wildman–Crippen LogP) is 3.42. The van der Waals surface area contributed by atoms with Crippen LogP contribution in [0, 0.1) is 5.82 Å². The minimum absolute atomic E-state index is 0.202. The number of nitrogens with one attached hydrogen (secondary N) is 1. The van der Waals surface area contributed by atoms with E-state index in [0.717, 1.165) is 42.6 Å². The molecule has 108 valence electrons. The Labute approximate surface area is 123 Å². The number of thiazole rings is 1. The van der Waals surface area contributed by atoms with E-state index >= 15 is 0 Å². The van der Waals surface area contributed by atoms with Gasteiger partial charge in [0.05, 0.1) is 12.2 Å². The van der Waals surface area contributed by atoms with E-state index in [0.29, 0.717) is 0 Å². The van der Waals surface area contributed by atoms with E-state index in [2.05, 4.69) is 34.4 Å². The summed E-state index contributed by atoms with van der Waals surface area (Å²) >= 11 is 1.68. The van der Waals surface area contributed by atoms with Crippen molar-refractivity contribution < 1.29 is 4.39 Å². The largest absolute Gasteiger partial charge is 0.366 e.